The molecule has 1 fully saturated rings. The smallest absolute Gasteiger partial charge is 0.254 e. The van der Waals surface area contributed by atoms with Gasteiger partial charge in [0.1, 0.15) is 23.1 Å². The average Bonchev–Trinajstić information content (AvgIpc) is 3.35. The van der Waals surface area contributed by atoms with E-state index in [4.69, 9.17) is 0 Å². The number of nitrogens with one attached hydrogen (secondary N) is 1. The number of H-pyrrole nitrogens is 1. The van der Waals surface area contributed by atoms with Crippen LogP contribution in [0.2, 0.25) is 0 Å². The molecule has 1 saturated carbocycles. The number of aromatic amines is 1. The maximum Gasteiger partial charge on any atom is 0.254 e. The Balaban J connectivity index is 1.59. The Morgan fingerprint density at radius 2 is 1.92 bits per heavy atom. The number of nitrogens with zero attached hydrogens (tertiary/aromatic N) is 2. The highest BCUT2D eigenvalue weighted by atomic mass is 16.3. The second-order valence-electron chi connectivity index (χ2n) is 6.57. The fraction of sp³-hybridized carbons (Fsp3) is 0.412. The summed E-state index contributed by atoms with van der Waals surface area (Å²) in [6.45, 7) is 1.46. The van der Waals surface area contributed by atoms with Gasteiger partial charge in [0.25, 0.3) is 5.56 Å². The predicted octanol–water partition coefficient (Wildman–Crippen LogP) is 1.32. The van der Waals surface area contributed by atoms with E-state index in [1.54, 1.807) is 0 Å². The summed E-state index contributed by atoms with van der Waals surface area (Å²) in [6, 6.07) is 2.42. The minimum absolute atomic E-state index is 0.0446. The summed E-state index contributed by atoms with van der Waals surface area (Å²) in [5, 5.41) is 29.3. The highest BCUT2D eigenvalue weighted by Gasteiger charge is 2.29. The van der Waals surface area contributed by atoms with Gasteiger partial charge in [0.2, 0.25) is 0 Å². The summed E-state index contributed by atoms with van der Waals surface area (Å²) in [5.41, 5.74) is 1.83. The van der Waals surface area contributed by atoms with Crippen molar-refractivity contribution >= 4 is 0 Å². The molecule has 126 valence electrons. The van der Waals surface area contributed by atoms with Crippen LogP contribution in [0.15, 0.2) is 16.9 Å². The zero-order chi connectivity index (χ0) is 16.8. The Labute approximate surface area is 138 Å². The largest absolute Gasteiger partial charge is 0.508 e. The number of aromatic hydroxyl groups is 3. The van der Waals surface area contributed by atoms with Crippen LogP contribution in [-0.2, 0) is 19.5 Å². The van der Waals surface area contributed by atoms with Crippen LogP contribution in [0.4, 0.5) is 0 Å². The van der Waals surface area contributed by atoms with Crippen LogP contribution in [0.3, 0.4) is 0 Å². The number of hydrogen-bond acceptors (Lipinski definition) is 6. The highest BCUT2D eigenvalue weighted by Crippen LogP contribution is 2.38. The van der Waals surface area contributed by atoms with Crippen LogP contribution in [0.1, 0.15) is 41.4 Å². The molecule has 0 bridgehead atoms. The van der Waals surface area contributed by atoms with Gasteiger partial charge in [-0.3, -0.25) is 9.69 Å². The first-order valence-corrected chi connectivity index (χ1v) is 8.09. The molecule has 2 aromatic rings. The molecule has 7 nitrogen and oxygen atoms in total. The Bertz CT molecular complexity index is 834. The molecular weight excluding hydrogens is 310 g/mol. The summed E-state index contributed by atoms with van der Waals surface area (Å²) in [5.74, 6) is 0.686. The molecule has 1 aromatic heterocycles. The van der Waals surface area contributed by atoms with Crippen molar-refractivity contribution in [2.45, 2.75) is 38.3 Å². The third-order valence-corrected chi connectivity index (χ3v) is 4.70. The summed E-state index contributed by atoms with van der Waals surface area (Å²) in [4.78, 5) is 21.7. The number of phenols is 3. The van der Waals surface area contributed by atoms with Crippen molar-refractivity contribution in [3.8, 4) is 17.2 Å². The van der Waals surface area contributed by atoms with Crippen LogP contribution in [0, 0.1) is 0 Å². The van der Waals surface area contributed by atoms with E-state index in [2.05, 4.69) is 9.97 Å². The zero-order valence-electron chi connectivity index (χ0n) is 13.1. The summed E-state index contributed by atoms with van der Waals surface area (Å²) >= 11 is 0. The second kappa shape index (κ2) is 5.52. The fourth-order valence-electron chi connectivity index (χ4n) is 3.21. The van der Waals surface area contributed by atoms with Gasteiger partial charge in [-0.05, 0) is 19.3 Å². The molecule has 0 spiro atoms. The van der Waals surface area contributed by atoms with Crippen molar-refractivity contribution < 1.29 is 15.3 Å². The van der Waals surface area contributed by atoms with Crippen molar-refractivity contribution in [3.05, 3.63) is 45.1 Å². The fourth-order valence-corrected chi connectivity index (χ4v) is 3.21. The first kappa shape index (κ1) is 15.0. The molecule has 0 unspecified atom stereocenters. The van der Waals surface area contributed by atoms with Crippen molar-refractivity contribution in [1.82, 2.24) is 14.9 Å². The zero-order valence-corrected chi connectivity index (χ0v) is 13.1. The average molecular weight is 329 g/mol. The molecule has 1 aliphatic carbocycles. The third kappa shape index (κ3) is 2.71. The monoisotopic (exact) mass is 329 g/mol. The summed E-state index contributed by atoms with van der Waals surface area (Å²) in [6.07, 6.45) is 2.73. The number of phenolic OH excluding ortho intramolecular Hbond substituents is 3. The topological polar surface area (TPSA) is 110 Å². The number of benzene rings is 1. The highest BCUT2D eigenvalue weighted by molar-refractivity contribution is 5.48. The van der Waals surface area contributed by atoms with E-state index in [-0.39, 0.29) is 22.8 Å². The first-order chi connectivity index (χ1) is 11.5. The SMILES string of the molecule is O=c1[nH]c(C2CC2)nc2c1CCN(Cc1c(O)cc(O)cc1O)C2. The maximum atomic E-state index is 12.2. The van der Waals surface area contributed by atoms with E-state index in [1.807, 2.05) is 4.90 Å². The molecule has 0 amide bonds. The lowest BCUT2D eigenvalue weighted by Gasteiger charge is -2.28. The van der Waals surface area contributed by atoms with Gasteiger partial charge in [-0.25, -0.2) is 4.98 Å². The molecule has 1 aliphatic heterocycles. The van der Waals surface area contributed by atoms with Gasteiger partial charge in [-0.1, -0.05) is 0 Å². The summed E-state index contributed by atoms with van der Waals surface area (Å²) in [7, 11) is 0. The number of aromatic nitrogens is 2. The molecule has 0 radical (unpaired) electrons. The van der Waals surface area contributed by atoms with Gasteiger partial charge < -0.3 is 20.3 Å². The van der Waals surface area contributed by atoms with E-state index >= 15 is 0 Å². The van der Waals surface area contributed by atoms with Gasteiger partial charge >= 0.3 is 0 Å². The van der Waals surface area contributed by atoms with Crippen molar-refractivity contribution in [2.75, 3.05) is 6.54 Å². The van der Waals surface area contributed by atoms with Crippen molar-refractivity contribution in [1.29, 1.82) is 0 Å². The van der Waals surface area contributed by atoms with Crippen LogP contribution in [-0.4, -0.2) is 36.7 Å². The molecule has 0 saturated heterocycles. The molecule has 2 aliphatic rings. The molecule has 1 aromatic carbocycles. The molecule has 7 heteroatoms. The van der Waals surface area contributed by atoms with Gasteiger partial charge in [-0.2, -0.15) is 0 Å². The van der Waals surface area contributed by atoms with Crippen LogP contribution < -0.4 is 5.56 Å². The van der Waals surface area contributed by atoms with E-state index in [0.29, 0.717) is 37.5 Å². The maximum absolute atomic E-state index is 12.2. The molecule has 4 rings (SSSR count). The van der Waals surface area contributed by atoms with Gasteiger partial charge in [0.15, 0.2) is 0 Å². The van der Waals surface area contributed by atoms with Gasteiger partial charge in [0.05, 0.1) is 5.69 Å². The second-order valence-corrected chi connectivity index (χ2v) is 6.57. The molecule has 24 heavy (non-hydrogen) atoms. The first-order valence-electron chi connectivity index (χ1n) is 8.09. The lowest BCUT2D eigenvalue weighted by Crippen LogP contribution is -2.35. The minimum atomic E-state index is -0.181. The minimum Gasteiger partial charge on any atom is -0.508 e. The van der Waals surface area contributed by atoms with Crippen LogP contribution in [0.25, 0.3) is 0 Å². The Morgan fingerprint density at radius 1 is 1.21 bits per heavy atom. The van der Waals surface area contributed by atoms with Crippen LogP contribution in [0.5, 0.6) is 17.2 Å². The molecule has 2 heterocycles. The van der Waals surface area contributed by atoms with Crippen LogP contribution >= 0.6 is 0 Å². The van der Waals surface area contributed by atoms with Gasteiger partial charge in [0, 0.05) is 48.8 Å². The van der Waals surface area contributed by atoms with E-state index in [9.17, 15) is 20.1 Å². The van der Waals surface area contributed by atoms with E-state index < -0.39 is 0 Å². The quantitative estimate of drug-likeness (QED) is 0.676. The normalized spacial score (nSPS) is 17.7. The lowest BCUT2D eigenvalue weighted by molar-refractivity contribution is 0.233. The molecular formula is C17H19N3O4. The Kier molecular flexibility index (Phi) is 3.45. The van der Waals surface area contributed by atoms with E-state index in [0.717, 1.165) is 29.9 Å². The Morgan fingerprint density at radius 3 is 2.58 bits per heavy atom. The number of fused-ring (bicyclic) bond motifs is 1. The standard InChI is InChI=1S/C17H19N3O4/c21-10-5-14(22)12(15(23)6-10)7-20-4-3-11-13(8-20)18-16(9-1-2-9)19-17(11)24/h5-6,9,21-23H,1-4,7-8H2,(H,18,19,24). The predicted molar refractivity (Wildman–Crippen MR) is 86.1 cm³/mol. The van der Waals surface area contributed by atoms with E-state index in [1.165, 1.54) is 12.1 Å². The third-order valence-electron chi connectivity index (χ3n) is 4.70. The van der Waals surface area contributed by atoms with Gasteiger partial charge in [-0.15, -0.1) is 0 Å². The van der Waals surface area contributed by atoms with Crippen molar-refractivity contribution in [3.63, 3.8) is 0 Å². The number of rotatable bonds is 3. The number of hydrogen-bond donors (Lipinski definition) is 4. The summed E-state index contributed by atoms with van der Waals surface area (Å²) < 4.78 is 0. The lowest BCUT2D eigenvalue weighted by atomic mass is 10.0. The van der Waals surface area contributed by atoms with Crippen molar-refractivity contribution in [2.24, 2.45) is 0 Å². The Hall–Kier alpha value is -2.54. The molecule has 4 N–H and O–H groups in total. The molecule has 0 atom stereocenters.